The van der Waals surface area contributed by atoms with Gasteiger partial charge in [0.15, 0.2) is 0 Å². The van der Waals surface area contributed by atoms with Gasteiger partial charge in [0.1, 0.15) is 0 Å². The molecule has 0 aliphatic carbocycles. The second-order valence-corrected chi connectivity index (χ2v) is 1.63. The van der Waals surface area contributed by atoms with E-state index < -0.39 is 0 Å². The molecule has 0 amide bonds. The van der Waals surface area contributed by atoms with E-state index in [2.05, 4.69) is 0 Å². The second kappa shape index (κ2) is 3.63. The Morgan fingerprint density at radius 1 is 1.86 bits per heavy atom. The fourth-order valence-corrected chi connectivity index (χ4v) is 0.215. The quantitative estimate of drug-likeness (QED) is 0.507. The molecule has 7 heavy (non-hydrogen) atoms. The third-order valence-electron chi connectivity index (χ3n) is 0.724. The summed E-state index contributed by atoms with van der Waals surface area (Å²) in [6.07, 6.45) is 0.392. The summed E-state index contributed by atoms with van der Waals surface area (Å²) in [5.74, 6) is 0.0324. The van der Waals surface area contributed by atoms with E-state index in [9.17, 15) is 5.11 Å². The first-order valence-electron chi connectivity index (χ1n) is 2.26. The Morgan fingerprint density at radius 3 is 2.57 bits per heavy atom. The first-order chi connectivity index (χ1) is 3.31. The molecule has 1 radical (unpaired) electrons. The van der Waals surface area contributed by atoms with Crippen molar-refractivity contribution in [3.63, 3.8) is 0 Å². The molecule has 0 aromatic carbocycles. The second-order valence-electron chi connectivity index (χ2n) is 1.63. The van der Waals surface area contributed by atoms with Gasteiger partial charge in [0.2, 0.25) is 0 Å². The van der Waals surface area contributed by atoms with Crippen molar-refractivity contribution in [1.29, 1.82) is 5.26 Å². The topological polar surface area (TPSA) is 43.7 Å². The van der Waals surface area contributed by atoms with E-state index >= 15 is 0 Å². The van der Waals surface area contributed by atoms with Crippen LogP contribution >= 0.6 is 0 Å². The summed E-state index contributed by atoms with van der Waals surface area (Å²) < 4.78 is 0. The van der Waals surface area contributed by atoms with Crippen LogP contribution in [-0.4, -0.2) is 6.61 Å². The molecule has 2 heteroatoms. The van der Waals surface area contributed by atoms with E-state index in [1.54, 1.807) is 6.92 Å². The first kappa shape index (κ1) is 6.45. The van der Waals surface area contributed by atoms with Gasteiger partial charge >= 0.3 is 0 Å². The molecule has 0 aromatic rings. The SMILES string of the molecule is CC(C[O])CC#N. The normalized spacial score (nSPS) is 12.7. The molecule has 0 saturated heterocycles. The van der Waals surface area contributed by atoms with Gasteiger partial charge in [-0.2, -0.15) is 5.26 Å². The van der Waals surface area contributed by atoms with Crippen molar-refractivity contribution in [1.82, 2.24) is 0 Å². The molecule has 0 spiro atoms. The Hall–Kier alpha value is -0.550. The van der Waals surface area contributed by atoms with Gasteiger partial charge in [-0.1, -0.05) is 6.92 Å². The van der Waals surface area contributed by atoms with Crippen LogP contribution in [0.15, 0.2) is 0 Å². The number of nitriles is 1. The number of nitrogens with zero attached hydrogens (tertiary/aromatic N) is 1. The van der Waals surface area contributed by atoms with Gasteiger partial charge in [-0.3, -0.25) is 0 Å². The van der Waals surface area contributed by atoms with Gasteiger partial charge in [0.05, 0.1) is 12.7 Å². The highest BCUT2D eigenvalue weighted by molar-refractivity contribution is 4.71. The van der Waals surface area contributed by atoms with E-state index in [1.165, 1.54) is 0 Å². The lowest BCUT2D eigenvalue weighted by Crippen LogP contribution is -1.95. The Bertz CT molecular complexity index is 74.6. The minimum atomic E-state index is -0.131. The van der Waals surface area contributed by atoms with E-state index in [-0.39, 0.29) is 12.5 Å². The van der Waals surface area contributed by atoms with E-state index in [0.29, 0.717) is 6.42 Å². The number of rotatable bonds is 2. The zero-order chi connectivity index (χ0) is 5.70. The van der Waals surface area contributed by atoms with Crippen LogP contribution in [0.1, 0.15) is 13.3 Å². The molecule has 0 aliphatic rings. The predicted molar refractivity (Wildman–Crippen MR) is 24.9 cm³/mol. The first-order valence-corrected chi connectivity index (χ1v) is 2.26. The Kier molecular flexibility index (Phi) is 3.35. The molecule has 0 heterocycles. The third-order valence-corrected chi connectivity index (χ3v) is 0.724. The molecule has 39 valence electrons. The lowest BCUT2D eigenvalue weighted by atomic mass is 10.1. The average Bonchev–Trinajstić information content (AvgIpc) is 1.68. The van der Waals surface area contributed by atoms with Crippen LogP contribution in [0.2, 0.25) is 0 Å². The Balaban J connectivity index is 3.03. The third kappa shape index (κ3) is 3.28. The van der Waals surface area contributed by atoms with Gasteiger partial charge < -0.3 is 0 Å². The van der Waals surface area contributed by atoms with Crippen LogP contribution in [0.4, 0.5) is 0 Å². The van der Waals surface area contributed by atoms with Gasteiger partial charge in [0.25, 0.3) is 0 Å². The number of hydrogen-bond acceptors (Lipinski definition) is 1. The highest BCUT2D eigenvalue weighted by Crippen LogP contribution is 1.96. The highest BCUT2D eigenvalue weighted by atomic mass is 16.3. The van der Waals surface area contributed by atoms with E-state index in [0.717, 1.165) is 0 Å². The summed E-state index contributed by atoms with van der Waals surface area (Å²) in [5, 5.41) is 17.8. The van der Waals surface area contributed by atoms with Crippen molar-refractivity contribution < 1.29 is 5.11 Å². The van der Waals surface area contributed by atoms with Crippen molar-refractivity contribution in [3.8, 4) is 6.07 Å². The van der Waals surface area contributed by atoms with Crippen molar-refractivity contribution in [2.45, 2.75) is 13.3 Å². The fraction of sp³-hybridized carbons (Fsp3) is 0.800. The van der Waals surface area contributed by atoms with E-state index in [4.69, 9.17) is 5.26 Å². The number of hydrogen-bond donors (Lipinski definition) is 0. The summed E-state index contributed by atoms with van der Waals surface area (Å²) in [6.45, 7) is 1.64. The lowest BCUT2D eigenvalue weighted by Gasteiger charge is -1.94. The van der Waals surface area contributed by atoms with Crippen LogP contribution in [0, 0.1) is 17.2 Å². The molecule has 0 aromatic heterocycles. The largest absolute Gasteiger partial charge is 0.236 e. The van der Waals surface area contributed by atoms with Crippen LogP contribution < -0.4 is 0 Å². The molecule has 0 bridgehead atoms. The molecule has 2 nitrogen and oxygen atoms in total. The summed E-state index contributed by atoms with van der Waals surface area (Å²) in [4.78, 5) is 0. The molecular formula is C5H8NO. The van der Waals surface area contributed by atoms with Crippen LogP contribution in [0.3, 0.4) is 0 Å². The molecule has 1 atom stereocenters. The molecular weight excluding hydrogens is 90.1 g/mol. The monoisotopic (exact) mass is 98.1 g/mol. The lowest BCUT2D eigenvalue weighted by molar-refractivity contribution is 0.153. The van der Waals surface area contributed by atoms with Crippen molar-refractivity contribution in [2.24, 2.45) is 5.92 Å². The zero-order valence-electron chi connectivity index (χ0n) is 4.35. The molecule has 0 rings (SSSR count). The molecule has 0 N–H and O–H groups in total. The smallest absolute Gasteiger partial charge is 0.0857 e. The fourth-order valence-electron chi connectivity index (χ4n) is 0.215. The predicted octanol–water partition coefficient (Wildman–Crippen LogP) is 0.967. The molecule has 1 unspecified atom stereocenters. The maximum atomic E-state index is 9.87. The average molecular weight is 98.1 g/mol. The maximum absolute atomic E-state index is 9.87. The summed E-state index contributed by atoms with van der Waals surface area (Å²) >= 11 is 0. The Labute approximate surface area is 43.4 Å². The Morgan fingerprint density at radius 2 is 2.43 bits per heavy atom. The minimum Gasteiger partial charge on any atom is -0.236 e. The molecule has 0 saturated carbocycles. The van der Waals surface area contributed by atoms with Gasteiger partial charge in [-0.15, -0.1) is 0 Å². The van der Waals surface area contributed by atoms with Gasteiger partial charge in [-0.25, -0.2) is 5.11 Å². The summed E-state index contributed by atoms with van der Waals surface area (Å²) in [5.41, 5.74) is 0. The highest BCUT2D eigenvalue weighted by Gasteiger charge is 1.95. The van der Waals surface area contributed by atoms with Gasteiger partial charge in [0, 0.05) is 6.42 Å². The van der Waals surface area contributed by atoms with Crippen molar-refractivity contribution in [3.05, 3.63) is 0 Å². The van der Waals surface area contributed by atoms with Crippen molar-refractivity contribution >= 4 is 0 Å². The van der Waals surface area contributed by atoms with E-state index in [1.807, 2.05) is 6.07 Å². The summed E-state index contributed by atoms with van der Waals surface area (Å²) in [6, 6.07) is 1.92. The van der Waals surface area contributed by atoms with Crippen LogP contribution in [0.5, 0.6) is 0 Å². The standard InChI is InChI=1S/C5H8NO/c1-5(4-7)2-3-6/h5H,2,4H2,1H3. The molecule has 0 aliphatic heterocycles. The van der Waals surface area contributed by atoms with Crippen LogP contribution in [-0.2, 0) is 5.11 Å². The van der Waals surface area contributed by atoms with Crippen LogP contribution in [0.25, 0.3) is 0 Å². The summed E-state index contributed by atoms with van der Waals surface area (Å²) in [7, 11) is 0. The zero-order valence-corrected chi connectivity index (χ0v) is 4.35. The minimum absolute atomic E-state index is 0.0324. The van der Waals surface area contributed by atoms with Crippen molar-refractivity contribution in [2.75, 3.05) is 6.61 Å². The maximum Gasteiger partial charge on any atom is 0.0857 e. The molecule has 0 fully saturated rings. The van der Waals surface area contributed by atoms with Gasteiger partial charge in [-0.05, 0) is 5.92 Å².